The van der Waals surface area contributed by atoms with E-state index in [0.717, 1.165) is 18.4 Å². The van der Waals surface area contributed by atoms with E-state index >= 15 is 0 Å². The van der Waals surface area contributed by atoms with Crippen molar-refractivity contribution in [3.05, 3.63) is 33.8 Å². The van der Waals surface area contributed by atoms with Crippen molar-refractivity contribution in [1.29, 1.82) is 0 Å². The Bertz CT molecular complexity index is 582. The summed E-state index contributed by atoms with van der Waals surface area (Å²) < 4.78 is 12.3. The highest BCUT2D eigenvalue weighted by Gasteiger charge is 2.45. The highest BCUT2D eigenvalue weighted by atomic mass is 35.5. The van der Waals surface area contributed by atoms with Gasteiger partial charge in [0.15, 0.2) is 0 Å². The second kappa shape index (κ2) is 8.11. The minimum absolute atomic E-state index is 0.0111. The molecule has 1 aromatic carbocycles. The average molecular weight is 358 g/mol. The predicted octanol–water partition coefficient (Wildman–Crippen LogP) is 3.94. The standard InChI is InChI=1S/C16H21Cl2N3O2/c1-4-5-13-9-22-16(23-13,10-21(20-3)11-19-2)14-7-6-12(17)8-15(14)18/h6-8,11,13H,3-5,9-10H2,1-2H3. The molecule has 1 fully saturated rings. The average Bonchev–Trinajstić information content (AvgIpc) is 2.91. The van der Waals surface area contributed by atoms with Crippen LogP contribution >= 0.6 is 23.2 Å². The van der Waals surface area contributed by atoms with E-state index < -0.39 is 5.79 Å². The zero-order chi connectivity index (χ0) is 16.9. The van der Waals surface area contributed by atoms with Crippen molar-refractivity contribution in [2.45, 2.75) is 31.7 Å². The van der Waals surface area contributed by atoms with Crippen LogP contribution in [0.25, 0.3) is 0 Å². The van der Waals surface area contributed by atoms with Crippen LogP contribution in [0.1, 0.15) is 25.3 Å². The fourth-order valence-corrected chi connectivity index (χ4v) is 3.16. The summed E-state index contributed by atoms with van der Waals surface area (Å²) in [5.41, 5.74) is 0.723. The molecule has 1 aromatic rings. The number of aliphatic imine (C=N–C) groups is 1. The number of hydrogen-bond acceptors (Lipinski definition) is 4. The van der Waals surface area contributed by atoms with Gasteiger partial charge < -0.3 is 9.47 Å². The summed E-state index contributed by atoms with van der Waals surface area (Å²) >= 11 is 12.4. The van der Waals surface area contributed by atoms with Crippen LogP contribution in [0.2, 0.25) is 10.0 Å². The molecule has 0 saturated carbocycles. The third-order valence-corrected chi connectivity index (χ3v) is 4.16. The first kappa shape index (κ1) is 18.2. The minimum atomic E-state index is -1.02. The number of nitrogens with zero attached hydrogens (tertiary/aromatic N) is 3. The normalized spacial score (nSPS) is 24.3. The van der Waals surface area contributed by atoms with Gasteiger partial charge in [-0.2, -0.15) is 5.10 Å². The van der Waals surface area contributed by atoms with Gasteiger partial charge in [-0.05, 0) is 18.6 Å². The number of benzene rings is 1. The maximum atomic E-state index is 6.38. The van der Waals surface area contributed by atoms with Gasteiger partial charge in [-0.15, -0.1) is 0 Å². The zero-order valence-electron chi connectivity index (χ0n) is 13.3. The first-order valence-electron chi connectivity index (χ1n) is 7.47. The molecule has 1 saturated heterocycles. The van der Waals surface area contributed by atoms with E-state index in [9.17, 15) is 0 Å². The van der Waals surface area contributed by atoms with Crippen LogP contribution < -0.4 is 0 Å². The van der Waals surface area contributed by atoms with Gasteiger partial charge in [0.05, 0.1) is 17.7 Å². The second-order valence-electron chi connectivity index (χ2n) is 5.33. The van der Waals surface area contributed by atoms with Crippen LogP contribution in [0.4, 0.5) is 0 Å². The van der Waals surface area contributed by atoms with Crippen molar-refractivity contribution in [2.75, 3.05) is 20.2 Å². The number of halogens is 2. The highest BCUT2D eigenvalue weighted by Crippen LogP contribution is 2.40. The van der Waals surface area contributed by atoms with Crippen LogP contribution in [0, 0.1) is 0 Å². The Morgan fingerprint density at radius 1 is 1.48 bits per heavy atom. The lowest BCUT2D eigenvalue weighted by Crippen LogP contribution is -2.40. The molecule has 2 atom stereocenters. The van der Waals surface area contributed by atoms with Gasteiger partial charge in [-0.3, -0.25) is 4.99 Å². The van der Waals surface area contributed by atoms with E-state index in [1.54, 1.807) is 30.5 Å². The van der Waals surface area contributed by atoms with Crippen LogP contribution in [0.5, 0.6) is 0 Å². The van der Waals surface area contributed by atoms with Gasteiger partial charge >= 0.3 is 0 Å². The third-order valence-electron chi connectivity index (χ3n) is 3.61. The predicted molar refractivity (Wildman–Crippen MR) is 94.5 cm³/mol. The quantitative estimate of drug-likeness (QED) is 0.421. The largest absolute Gasteiger partial charge is 0.342 e. The van der Waals surface area contributed by atoms with Gasteiger partial charge in [0.2, 0.25) is 5.79 Å². The molecule has 0 spiro atoms. The fraction of sp³-hybridized carbons (Fsp3) is 0.500. The Morgan fingerprint density at radius 2 is 2.26 bits per heavy atom. The molecule has 5 nitrogen and oxygen atoms in total. The number of rotatable bonds is 7. The van der Waals surface area contributed by atoms with Crippen molar-refractivity contribution < 1.29 is 9.47 Å². The van der Waals surface area contributed by atoms with Crippen LogP contribution in [0.3, 0.4) is 0 Å². The van der Waals surface area contributed by atoms with Crippen molar-refractivity contribution in [3.63, 3.8) is 0 Å². The summed E-state index contributed by atoms with van der Waals surface area (Å²) in [6, 6.07) is 5.27. The maximum Gasteiger partial charge on any atom is 0.217 e. The zero-order valence-corrected chi connectivity index (χ0v) is 14.8. The Hall–Kier alpha value is -1.14. The minimum Gasteiger partial charge on any atom is -0.342 e. The molecule has 2 rings (SSSR count). The number of hydrazone groups is 1. The molecule has 0 bridgehead atoms. The van der Waals surface area contributed by atoms with Gasteiger partial charge in [-0.25, -0.2) is 5.01 Å². The van der Waals surface area contributed by atoms with Gasteiger partial charge in [0.25, 0.3) is 0 Å². The fourth-order valence-electron chi connectivity index (χ4n) is 2.61. The molecule has 2 unspecified atom stereocenters. The molecule has 0 radical (unpaired) electrons. The summed E-state index contributed by atoms with van der Waals surface area (Å²) in [6.07, 6.45) is 3.50. The maximum absolute atomic E-state index is 6.38. The van der Waals surface area contributed by atoms with E-state index in [-0.39, 0.29) is 6.10 Å². The first-order valence-corrected chi connectivity index (χ1v) is 8.23. The summed E-state index contributed by atoms with van der Waals surface area (Å²) in [7, 11) is 1.66. The van der Waals surface area contributed by atoms with Gasteiger partial charge in [0, 0.05) is 24.4 Å². The highest BCUT2D eigenvalue weighted by molar-refractivity contribution is 6.35. The summed E-state index contributed by atoms with van der Waals surface area (Å²) in [4.78, 5) is 3.97. The Kier molecular flexibility index (Phi) is 6.41. The molecule has 1 aliphatic heterocycles. The topological polar surface area (TPSA) is 46.4 Å². The number of hydrogen-bond donors (Lipinski definition) is 0. The molecular weight excluding hydrogens is 337 g/mol. The molecule has 7 heteroatoms. The first-order chi connectivity index (χ1) is 11.0. The third kappa shape index (κ3) is 4.23. The summed E-state index contributed by atoms with van der Waals surface area (Å²) in [5, 5.41) is 6.56. The van der Waals surface area contributed by atoms with Crippen LogP contribution in [0.15, 0.2) is 28.3 Å². The van der Waals surface area contributed by atoms with E-state index in [2.05, 4.69) is 23.7 Å². The molecule has 23 heavy (non-hydrogen) atoms. The Labute approximate surface area is 146 Å². The number of ether oxygens (including phenoxy) is 2. The summed E-state index contributed by atoms with van der Waals surface area (Å²) in [6.45, 7) is 6.47. The van der Waals surface area contributed by atoms with Crippen LogP contribution in [-0.4, -0.2) is 44.4 Å². The smallest absolute Gasteiger partial charge is 0.217 e. The molecule has 0 aliphatic carbocycles. The SMILES string of the molecule is C=NN(C=NC)CC1(c2ccc(Cl)cc2Cl)OCC(CCC)O1. The molecule has 126 valence electrons. The lowest BCUT2D eigenvalue weighted by Gasteiger charge is -2.32. The lowest BCUT2D eigenvalue weighted by atomic mass is 10.1. The van der Waals surface area contributed by atoms with Gasteiger partial charge in [-0.1, -0.05) is 42.6 Å². The Balaban J connectivity index is 2.37. The lowest BCUT2D eigenvalue weighted by molar-refractivity contribution is -0.183. The molecule has 0 aromatic heterocycles. The summed E-state index contributed by atoms with van der Waals surface area (Å²) in [5.74, 6) is -1.02. The van der Waals surface area contributed by atoms with Crippen molar-refractivity contribution in [3.8, 4) is 0 Å². The van der Waals surface area contributed by atoms with E-state index in [4.69, 9.17) is 32.7 Å². The molecule has 0 amide bonds. The molecular formula is C16H21Cl2N3O2. The van der Waals surface area contributed by atoms with E-state index in [0.29, 0.717) is 23.2 Å². The van der Waals surface area contributed by atoms with E-state index in [1.807, 2.05) is 6.07 Å². The van der Waals surface area contributed by atoms with Crippen molar-refractivity contribution in [2.24, 2.45) is 10.1 Å². The van der Waals surface area contributed by atoms with Gasteiger partial charge in [0.1, 0.15) is 12.9 Å². The van der Waals surface area contributed by atoms with Crippen molar-refractivity contribution >= 4 is 36.3 Å². The van der Waals surface area contributed by atoms with E-state index in [1.165, 1.54) is 0 Å². The second-order valence-corrected chi connectivity index (χ2v) is 6.17. The van der Waals surface area contributed by atoms with Crippen LogP contribution in [-0.2, 0) is 15.3 Å². The molecule has 0 N–H and O–H groups in total. The Morgan fingerprint density at radius 3 is 2.87 bits per heavy atom. The van der Waals surface area contributed by atoms with Crippen molar-refractivity contribution in [1.82, 2.24) is 5.01 Å². The molecule has 1 heterocycles. The molecule has 1 aliphatic rings. The monoisotopic (exact) mass is 357 g/mol.